The number of aromatic amines is 1. The first-order chi connectivity index (χ1) is 8.75. The molecule has 6 heteroatoms. The fraction of sp³-hybridized carbons (Fsp3) is 0.667. The summed E-state index contributed by atoms with van der Waals surface area (Å²) in [6.07, 6.45) is 5.94. The summed E-state index contributed by atoms with van der Waals surface area (Å²) in [4.78, 5) is 11.6. The summed E-state index contributed by atoms with van der Waals surface area (Å²) in [7, 11) is 0. The minimum absolute atomic E-state index is 0.156. The standard InChI is InChI=1S/C12H20N4O2/c13-11-8-10(15-16-11)12(17)14-6-2-1-4-9-5-3-7-18-9/h8-9H,1-7H2,(H,14,17)(H3,13,15,16)/t9-/m0/s1. The lowest BCUT2D eigenvalue weighted by molar-refractivity contribution is 0.0942. The van der Waals surface area contributed by atoms with Crippen molar-refractivity contribution < 1.29 is 9.53 Å². The van der Waals surface area contributed by atoms with Crippen molar-refractivity contribution in [3.05, 3.63) is 11.8 Å². The molecule has 0 aliphatic carbocycles. The van der Waals surface area contributed by atoms with Crippen molar-refractivity contribution in [1.82, 2.24) is 15.5 Å². The number of hydrogen-bond donors (Lipinski definition) is 3. The highest BCUT2D eigenvalue weighted by molar-refractivity contribution is 5.92. The second-order valence-electron chi connectivity index (χ2n) is 4.59. The van der Waals surface area contributed by atoms with Crippen LogP contribution in [0.3, 0.4) is 0 Å². The zero-order valence-corrected chi connectivity index (χ0v) is 10.4. The molecule has 1 saturated heterocycles. The van der Waals surface area contributed by atoms with E-state index in [0.717, 1.165) is 25.9 Å². The van der Waals surface area contributed by atoms with E-state index in [2.05, 4.69) is 15.5 Å². The second-order valence-corrected chi connectivity index (χ2v) is 4.59. The lowest BCUT2D eigenvalue weighted by atomic mass is 10.1. The van der Waals surface area contributed by atoms with Crippen LogP contribution in [0.15, 0.2) is 6.07 Å². The molecule has 1 aromatic rings. The van der Waals surface area contributed by atoms with Gasteiger partial charge in [0, 0.05) is 19.2 Å². The molecule has 1 fully saturated rings. The van der Waals surface area contributed by atoms with E-state index in [1.165, 1.54) is 18.9 Å². The average Bonchev–Trinajstić information content (AvgIpc) is 2.99. The number of nitrogen functional groups attached to an aromatic ring is 1. The quantitative estimate of drug-likeness (QED) is 0.660. The molecule has 0 spiro atoms. The fourth-order valence-electron chi connectivity index (χ4n) is 2.12. The SMILES string of the molecule is Nc1cc(C(=O)NCCCC[C@H]2CCCO2)[nH]n1. The Morgan fingerprint density at radius 1 is 1.61 bits per heavy atom. The third-order valence-corrected chi connectivity index (χ3v) is 3.10. The van der Waals surface area contributed by atoms with Crippen molar-refractivity contribution in [2.24, 2.45) is 0 Å². The third-order valence-electron chi connectivity index (χ3n) is 3.10. The minimum Gasteiger partial charge on any atom is -0.382 e. The number of nitrogens with two attached hydrogens (primary N) is 1. The van der Waals surface area contributed by atoms with E-state index >= 15 is 0 Å². The summed E-state index contributed by atoms with van der Waals surface area (Å²) < 4.78 is 5.54. The lowest BCUT2D eigenvalue weighted by Gasteiger charge is -2.08. The van der Waals surface area contributed by atoms with Crippen LogP contribution in [0.25, 0.3) is 0 Å². The fourth-order valence-corrected chi connectivity index (χ4v) is 2.12. The zero-order valence-electron chi connectivity index (χ0n) is 10.4. The third kappa shape index (κ3) is 3.73. The highest BCUT2D eigenvalue weighted by Crippen LogP contribution is 2.17. The molecule has 6 nitrogen and oxygen atoms in total. The number of nitrogens with one attached hydrogen (secondary N) is 2. The molecule has 0 saturated carbocycles. The van der Waals surface area contributed by atoms with Crippen molar-refractivity contribution in [3.8, 4) is 0 Å². The van der Waals surface area contributed by atoms with Crippen LogP contribution in [-0.4, -0.2) is 35.4 Å². The van der Waals surface area contributed by atoms with Crippen molar-refractivity contribution >= 4 is 11.7 Å². The maximum atomic E-state index is 11.6. The number of carbonyl (C=O) groups is 1. The largest absolute Gasteiger partial charge is 0.382 e. The summed E-state index contributed by atoms with van der Waals surface area (Å²) in [5.41, 5.74) is 5.84. The Labute approximate surface area is 106 Å². The molecule has 1 aliphatic rings. The first-order valence-corrected chi connectivity index (χ1v) is 6.46. The predicted octanol–water partition coefficient (Wildman–Crippen LogP) is 1.07. The van der Waals surface area contributed by atoms with Gasteiger partial charge < -0.3 is 15.8 Å². The van der Waals surface area contributed by atoms with Crippen molar-refractivity contribution in [3.63, 3.8) is 0 Å². The summed E-state index contributed by atoms with van der Waals surface area (Å²) in [6.45, 7) is 1.58. The Hall–Kier alpha value is -1.56. The smallest absolute Gasteiger partial charge is 0.269 e. The Kier molecular flexibility index (Phi) is 4.58. The van der Waals surface area contributed by atoms with E-state index in [-0.39, 0.29) is 5.91 Å². The van der Waals surface area contributed by atoms with E-state index in [1.54, 1.807) is 0 Å². The van der Waals surface area contributed by atoms with Crippen LogP contribution in [0.5, 0.6) is 0 Å². The summed E-state index contributed by atoms with van der Waals surface area (Å²) in [5.74, 6) is 0.176. The first-order valence-electron chi connectivity index (χ1n) is 6.46. The molecule has 0 aromatic carbocycles. The van der Waals surface area contributed by atoms with Crippen molar-refractivity contribution in [2.75, 3.05) is 18.9 Å². The molecule has 1 aliphatic heterocycles. The topological polar surface area (TPSA) is 93.0 Å². The molecule has 0 unspecified atom stereocenters. The first kappa shape index (κ1) is 12.9. The van der Waals surface area contributed by atoms with Crippen LogP contribution in [-0.2, 0) is 4.74 Å². The zero-order chi connectivity index (χ0) is 12.8. The number of anilines is 1. The summed E-state index contributed by atoms with van der Waals surface area (Å²) >= 11 is 0. The monoisotopic (exact) mass is 252 g/mol. The molecular formula is C12H20N4O2. The molecule has 100 valence electrons. The van der Waals surface area contributed by atoms with Crippen LogP contribution in [0.4, 0.5) is 5.82 Å². The number of unbranched alkanes of at least 4 members (excludes halogenated alkanes) is 1. The minimum atomic E-state index is -0.156. The number of amides is 1. The van der Waals surface area contributed by atoms with Gasteiger partial charge in [0.05, 0.1) is 6.10 Å². The maximum absolute atomic E-state index is 11.6. The van der Waals surface area contributed by atoms with E-state index in [4.69, 9.17) is 10.5 Å². The number of ether oxygens (including phenoxy) is 1. The molecule has 2 rings (SSSR count). The van der Waals surface area contributed by atoms with E-state index in [9.17, 15) is 4.79 Å². The Balaban J connectivity index is 1.56. The van der Waals surface area contributed by atoms with Gasteiger partial charge in [0.1, 0.15) is 11.5 Å². The average molecular weight is 252 g/mol. The molecule has 2 heterocycles. The van der Waals surface area contributed by atoms with E-state index in [1.807, 2.05) is 0 Å². The predicted molar refractivity (Wildman–Crippen MR) is 68.2 cm³/mol. The van der Waals surface area contributed by atoms with Crippen LogP contribution in [0, 0.1) is 0 Å². The number of aromatic nitrogens is 2. The lowest BCUT2D eigenvalue weighted by Crippen LogP contribution is -2.25. The summed E-state index contributed by atoms with van der Waals surface area (Å²) in [5, 5.41) is 9.12. The number of H-pyrrole nitrogens is 1. The number of carbonyl (C=O) groups excluding carboxylic acids is 1. The summed E-state index contributed by atoms with van der Waals surface area (Å²) in [6, 6.07) is 1.53. The highest BCUT2D eigenvalue weighted by Gasteiger charge is 2.14. The van der Waals surface area contributed by atoms with Crippen molar-refractivity contribution in [2.45, 2.75) is 38.2 Å². The van der Waals surface area contributed by atoms with E-state index < -0.39 is 0 Å². The van der Waals surface area contributed by atoms with Gasteiger partial charge in [-0.15, -0.1) is 0 Å². The Morgan fingerprint density at radius 2 is 2.50 bits per heavy atom. The van der Waals surface area contributed by atoms with Crippen LogP contribution < -0.4 is 11.1 Å². The van der Waals surface area contributed by atoms with Gasteiger partial charge in [0.2, 0.25) is 0 Å². The highest BCUT2D eigenvalue weighted by atomic mass is 16.5. The maximum Gasteiger partial charge on any atom is 0.269 e. The molecule has 1 aromatic heterocycles. The number of nitrogens with zero attached hydrogens (tertiary/aromatic N) is 1. The number of hydrogen-bond acceptors (Lipinski definition) is 4. The van der Waals surface area contributed by atoms with Gasteiger partial charge in [-0.2, -0.15) is 5.10 Å². The molecule has 1 amide bonds. The molecule has 4 N–H and O–H groups in total. The van der Waals surface area contributed by atoms with E-state index in [0.29, 0.717) is 24.2 Å². The van der Waals surface area contributed by atoms with Gasteiger partial charge in [-0.05, 0) is 32.1 Å². The van der Waals surface area contributed by atoms with Gasteiger partial charge in [0.25, 0.3) is 5.91 Å². The molecular weight excluding hydrogens is 232 g/mol. The van der Waals surface area contributed by atoms with Gasteiger partial charge in [-0.1, -0.05) is 0 Å². The Bertz CT molecular complexity index is 385. The van der Waals surface area contributed by atoms with Gasteiger partial charge in [-0.3, -0.25) is 9.89 Å². The van der Waals surface area contributed by atoms with Crippen LogP contribution in [0.2, 0.25) is 0 Å². The molecule has 0 bridgehead atoms. The normalized spacial score (nSPS) is 19.0. The Morgan fingerprint density at radius 3 is 3.17 bits per heavy atom. The molecule has 1 atom stereocenters. The van der Waals surface area contributed by atoms with Crippen molar-refractivity contribution in [1.29, 1.82) is 0 Å². The van der Waals surface area contributed by atoms with Gasteiger partial charge in [0.15, 0.2) is 0 Å². The van der Waals surface area contributed by atoms with Gasteiger partial charge >= 0.3 is 0 Å². The molecule has 0 radical (unpaired) electrons. The van der Waals surface area contributed by atoms with Crippen LogP contribution >= 0.6 is 0 Å². The molecule has 18 heavy (non-hydrogen) atoms. The van der Waals surface area contributed by atoms with Crippen LogP contribution in [0.1, 0.15) is 42.6 Å². The number of rotatable bonds is 6. The second kappa shape index (κ2) is 6.39. The van der Waals surface area contributed by atoms with Gasteiger partial charge in [-0.25, -0.2) is 0 Å².